The number of hydrogen-bond acceptors (Lipinski definition) is 3. The lowest BCUT2D eigenvalue weighted by molar-refractivity contribution is 0.103. The van der Waals surface area contributed by atoms with Crippen LogP contribution >= 0.6 is 22.9 Å². The SMILES string of the molecule is C[C@@H](NCc1ccc(Cl)c(NC(=O)c2ccc(-c3ccccc3)s2)c1)c1ccccc1. The first kappa shape index (κ1) is 21.3. The minimum absolute atomic E-state index is 0.156. The maximum atomic E-state index is 12.8. The molecule has 0 radical (unpaired) electrons. The van der Waals surface area contributed by atoms with Crippen LogP contribution in [0.5, 0.6) is 0 Å². The van der Waals surface area contributed by atoms with Crippen molar-refractivity contribution in [2.24, 2.45) is 0 Å². The molecule has 0 aliphatic rings. The molecule has 0 bridgehead atoms. The van der Waals surface area contributed by atoms with E-state index in [0.29, 0.717) is 22.1 Å². The molecule has 4 aromatic rings. The number of carbonyl (C=O) groups excluding carboxylic acids is 1. The van der Waals surface area contributed by atoms with Crippen LogP contribution in [0.1, 0.15) is 33.8 Å². The predicted octanol–water partition coefficient (Wildman–Crippen LogP) is 7.17. The minimum atomic E-state index is -0.156. The van der Waals surface area contributed by atoms with Gasteiger partial charge < -0.3 is 10.6 Å². The Hall–Kier alpha value is -2.92. The lowest BCUT2D eigenvalue weighted by atomic mass is 10.1. The molecule has 1 heterocycles. The standard InChI is InChI=1S/C26H23ClN2OS/c1-18(20-8-4-2-5-9-20)28-17-19-12-13-22(27)23(16-19)29-26(30)25-15-14-24(31-25)21-10-6-3-7-11-21/h2-16,18,28H,17H2,1H3,(H,29,30)/t18-/m1/s1. The zero-order valence-electron chi connectivity index (χ0n) is 17.1. The van der Waals surface area contributed by atoms with E-state index < -0.39 is 0 Å². The molecule has 3 nitrogen and oxygen atoms in total. The summed E-state index contributed by atoms with van der Waals surface area (Å²) >= 11 is 7.82. The van der Waals surface area contributed by atoms with E-state index in [9.17, 15) is 4.79 Å². The van der Waals surface area contributed by atoms with Crippen LogP contribution in [0.4, 0.5) is 5.69 Å². The quantitative estimate of drug-likeness (QED) is 0.316. The van der Waals surface area contributed by atoms with Crippen LogP contribution in [0.2, 0.25) is 5.02 Å². The van der Waals surface area contributed by atoms with E-state index in [0.717, 1.165) is 16.0 Å². The molecule has 4 rings (SSSR count). The molecule has 0 saturated heterocycles. The Labute approximate surface area is 191 Å². The van der Waals surface area contributed by atoms with Crippen molar-refractivity contribution in [1.29, 1.82) is 0 Å². The van der Waals surface area contributed by atoms with Crippen LogP contribution in [0, 0.1) is 0 Å². The molecule has 0 unspecified atom stereocenters. The largest absolute Gasteiger partial charge is 0.320 e. The van der Waals surface area contributed by atoms with Gasteiger partial charge in [0.05, 0.1) is 15.6 Å². The van der Waals surface area contributed by atoms with E-state index >= 15 is 0 Å². The van der Waals surface area contributed by atoms with Crippen molar-refractivity contribution < 1.29 is 4.79 Å². The van der Waals surface area contributed by atoms with E-state index in [2.05, 4.69) is 29.7 Å². The van der Waals surface area contributed by atoms with Gasteiger partial charge >= 0.3 is 0 Å². The average molecular weight is 447 g/mol. The molecule has 0 aliphatic carbocycles. The van der Waals surface area contributed by atoms with Gasteiger partial charge in [-0.2, -0.15) is 0 Å². The highest BCUT2D eigenvalue weighted by atomic mass is 35.5. The number of anilines is 1. The number of amides is 1. The number of hydrogen-bond donors (Lipinski definition) is 2. The highest BCUT2D eigenvalue weighted by molar-refractivity contribution is 7.17. The van der Waals surface area contributed by atoms with Gasteiger partial charge in [-0.1, -0.05) is 78.3 Å². The summed E-state index contributed by atoms with van der Waals surface area (Å²) in [5, 5.41) is 7.00. The first-order valence-electron chi connectivity index (χ1n) is 10.1. The summed E-state index contributed by atoms with van der Waals surface area (Å²) in [7, 11) is 0. The summed E-state index contributed by atoms with van der Waals surface area (Å²) in [6.07, 6.45) is 0. The van der Waals surface area contributed by atoms with Crippen molar-refractivity contribution in [2.45, 2.75) is 19.5 Å². The lowest BCUT2D eigenvalue weighted by Gasteiger charge is -2.15. The molecule has 3 aromatic carbocycles. The number of carbonyl (C=O) groups is 1. The summed E-state index contributed by atoms with van der Waals surface area (Å²) < 4.78 is 0. The Bertz CT molecular complexity index is 1160. The lowest BCUT2D eigenvalue weighted by Crippen LogP contribution is -2.18. The Morgan fingerprint density at radius 2 is 1.65 bits per heavy atom. The van der Waals surface area contributed by atoms with E-state index in [1.165, 1.54) is 16.9 Å². The van der Waals surface area contributed by atoms with Gasteiger partial charge in [-0.15, -0.1) is 11.3 Å². The smallest absolute Gasteiger partial charge is 0.265 e. The topological polar surface area (TPSA) is 41.1 Å². The number of benzene rings is 3. The highest BCUT2D eigenvalue weighted by Gasteiger charge is 2.13. The minimum Gasteiger partial charge on any atom is -0.320 e. The third-order valence-electron chi connectivity index (χ3n) is 5.08. The second kappa shape index (κ2) is 9.92. The third kappa shape index (κ3) is 5.42. The normalized spacial score (nSPS) is 11.8. The van der Waals surface area contributed by atoms with Gasteiger partial charge in [0.15, 0.2) is 0 Å². The van der Waals surface area contributed by atoms with Crippen molar-refractivity contribution in [3.63, 3.8) is 0 Å². The monoisotopic (exact) mass is 446 g/mol. The number of thiophene rings is 1. The maximum Gasteiger partial charge on any atom is 0.265 e. The second-order valence-corrected chi connectivity index (χ2v) is 8.80. The molecule has 1 atom stereocenters. The summed E-state index contributed by atoms with van der Waals surface area (Å²) in [5.41, 5.74) is 4.01. The number of halogens is 1. The molecule has 0 fully saturated rings. The molecular weight excluding hydrogens is 424 g/mol. The van der Waals surface area contributed by atoms with Crippen molar-refractivity contribution in [3.8, 4) is 10.4 Å². The van der Waals surface area contributed by atoms with Gasteiger partial charge in [0.2, 0.25) is 0 Å². The third-order valence-corrected chi connectivity index (χ3v) is 6.54. The van der Waals surface area contributed by atoms with Crippen LogP contribution < -0.4 is 10.6 Å². The first-order chi connectivity index (χ1) is 15.1. The van der Waals surface area contributed by atoms with E-state index in [4.69, 9.17) is 11.6 Å². The Balaban J connectivity index is 1.43. The Morgan fingerprint density at radius 3 is 2.39 bits per heavy atom. The van der Waals surface area contributed by atoms with Crippen LogP contribution in [0.25, 0.3) is 10.4 Å². The maximum absolute atomic E-state index is 12.8. The van der Waals surface area contributed by atoms with Gasteiger partial charge in [-0.3, -0.25) is 4.79 Å². The molecule has 156 valence electrons. The average Bonchev–Trinajstić information content (AvgIpc) is 3.31. The van der Waals surface area contributed by atoms with Gasteiger partial charge in [-0.25, -0.2) is 0 Å². The fraction of sp³-hybridized carbons (Fsp3) is 0.115. The molecule has 1 amide bonds. The summed E-state index contributed by atoms with van der Waals surface area (Å²) in [5.74, 6) is -0.156. The molecule has 0 spiro atoms. The van der Waals surface area contributed by atoms with Gasteiger partial charge in [-0.05, 0) is 47.9 Å². The molecular formula is C26H23ClN2OS. The predicted molar refractivity (Wildman–Crippen MR) is 131 cm³/mol. The van der Waals surface area contributed by atoms with E-state index in [1.54, 1.807) is 0 Å². The summed E-state index contributed by atoms with van der Waals surface area (Å²) in [4.78, 5) is 14.5. The fourth-order valence-electron chi connectivity index (χ4n) is 3.31. The molecule has 5 heteroatoms. The summed E-state index contributed by atoms with van der Waals surface area (Å²) in [6, 6.07) is 30.1. The highest BCUT2D eigenvalue weighted by Crippen LogP contribution is 2.30. The molecule has 2 N–H and O–H groups in total. The first-order valence-corrected chi connectivity index (χ1v) is 11.3. The van der Waals surface area contributed by atoms with Crippen LogP contribution in [-0.2, 0) is 6.54 Å². The number of nitrogens with one attached hydrogen (secondary N) is 2. The van der Waals surface area contributed by atoms with E-state index in [1.807, 2.05) is 78.9 Å². The second-order valence-electron chi connectivity index (χ2n) is 7.31. The molecule has 0 saturated carbocycles. The van der Waals surface area contributed by atoms with Crippen molar-refractivity contribution in [1.82, 2.24) is 5.32 Å². The van der Waals surface area contributed by atoms with Crippen molar-refractivity contribution in [2.75, 3.05) is 5.32 Å². The van der Waals surface area contributed by atoms with E-state index in [-0.39, 0.29) is 11.9 Å². The Morgan fingerprint density at radius 1 is 0.935 bits per heavy atom. The van der Waals surface area contributed by atoms with Gasteiger partial charge in [0.1, 0.15) is 0 Å². The molecule has 31 heavy (non-hydrogen) atoms. The summed E-state index contributed by atoms with van der Waals surface area (Å²) in [6.45, 7) is 2.81. The van der Waals surface area contributed by atoms with Crippen molar-refractivity contribution in [3.05, 3.63) is 112 Å². The Kier molecular flexibility index (Phi) is 6.82. The van der Waals surface area contributed by atoms with Crippen LogP contribution in [0.15, 0.2) is 91.0 Å². The fourth-order valence-corrected chi connectivity index (χ4v) is 4.38. The number of rotatable bonds is 7. The molecule has 1 aromatic heterocycles. The van der Waals surface area contributed by atoms with Crippen LogP contribution in [-0.4, -0.2) is 5.91 Å². The zero-order chi connectivity index (χ0) is 21.6. The van der Waals surface area contributed by atoms with Gasteiger partial charge in [0.25, 0.3) is 5.91 Å². The van der Waals surface area contributed by atoms with Gasteiger partial charge in [0, 0.05) is 17.5 Å². The van der Waals surface area contributed by atoms with Crippen LogP contribution in [0.3, 0.4) is 0 Å². The zero-order valence-corrected chi connectivity index (χ0v) is 18.7. The molecule has 0 aliphatic heterocycles. The van der Waals surface area contributed by atoms with Crippen molar-refractivity contribution >= 4 is 34.5 Å².